The van der Waals surface area contributed by atoms with E-state index in [2.05, 4.69) is 4.98 Å². The molecule has 2 aromatic rings. The summed E-state index contributed by atoms with van der Waals surface area (Å²) in [4.78, 5) is 33.6. The zero-order chi connectivity index (χ0) is 18.1. The van der Waals surface area contributed by atoms with Crippen molar-refractivity contribution in [2.75, 3.05) is 9.80 Å². The standard InChI is InChI=1S/C20H20ClN3O2/c21-14-9-10-16-17(12-14)24(18-8-4-5-11-22-18)20(26)13-19(25)23(16)15-6-2-1-3-7-15/h4-5,8-12,15H,1-3,6-7,13H2. The molecule has 0 saturated heterocycles. The summed E-state index contributed by atoms with van der Waals surface area (Å²) in [6, 6.07) is 10.9. The second-order valence-electron chi connectivity index (χ2n) is 6.78. The molecule has 0 spiro atoms. The van der Waals surface area contributed by atoms with Crippen LogP contribution in [-0.4, -0.2) is 22.8 Å². The molecule has 5 nitrogen and oxygen atoms in total. The molecule has 0 radical (unpaired) electrons. The Bertz CT molecular complexity index is 834. The molecule has 6 heteroatoms. The lowest BCUT2D eigenvalue weighted by atomic mass is 9.93. The molecule has 1 saturated carbocycles. The van der Waals surface area contributed by atoms with E-state index in [9.17, 15) is 9.59 Å². The first kappa shape index (κ1) is 17.0. The summed E-state index contributed by atoms with van der Waals surface area (Å²) in [5, 5.41) is 0.524. The summed E-state index contributed by atoms with van der Waals surface area (Å²) in [7, 11) is 0. The normalized spacial score (nSPS) is 18.7. The highest BCUT2D eigenvalue weighted by Gasteiger charge is 2.36. The smallest absolute Gasteiger partial charge is 0.242 e. The molecule has 2 heterocycles. The first-order valence-corrected chi connectivity index (χ1v) is 9.38. The Morgan fingerprint density at radius 3 is 2.50 bits per heavy atom. The van der Waals surface area contributed by atoms with Gasteiger partial charge >= 0.3 is 0 Å². The number of fused-ring (bicyclic) bond motifs is 1. The monoisotopic (exact) mass is 369 g/mol. The molecule has 134 valence electrons. The minimum atomic E-state index is -0.282. The van der Waals surface area contributed by atoms with Crippen LogP contribution in [0.3, 0.4) is 0 Å². The molecule has 1 aliphatic heterocycles. The van der Waals surface area contributed by atoms with E-state index in [-0.39, 0.29) is 24.3 Å². The van der Waals surface area contributed by atoms with Gasteiger partial charge in [0.15, 0.2) is 0 Å². The van der Waals surface area contributed by atoms with Gasteiger partial charge in [0.25, 0.3) is 0 Å². The maximum Gasteiger partial charge on any atom is 0.242 e. The highest BCUT2D eigenvalue weighted by atomic mass is 35.5. The number of pyridine rings is 1. The van der Waals surface area contributed by atoms with Crippen LogP contribution in [0.4, 0.5) is 17.2 Å². The SMILES string of the molecule is O=C1CC(=O)N(C2CCCCC2)c2ccc(Cl)cc2N1c1ccccn1. The summed E-state index contributed by atoms with van der Waals surface area (Å²) in [5.74, 6) is 0.0683. The van der Waals surface area contributed by atoms with Gasteiger partial charge in [0, 0.05) is 17.3 Å². The third-order valence-corrected chi connectivity index (χ3v) is 5.31. The van der Waals surface area contributed by atoms with E-state index in [0.717, 1.165) is 31.4 Å². The zero-order valence-corrected chi connectivity index (χ0v) is 15.2. The fourth-order valence-corrected chi connectivity index (χ4v) is 4.08. The highest BCUT2D eigenvalue weighted by Crippen LogP contribution is 2.41. The molecule has 1 aromatic carbocycles. The first-order chi connectivity index (χ1) is 12.6. The maximum absolute atomic E-state index is 13.0. The Morgan fingerprint density at radius 2 is 1.77 bits per heavy atom. The van der Waals surface area contributed by atoms with Crippen molar-refractivity contribution < 1.29 is 9.59 Å². The highest BCUT2D eigenvalue weighted by molar-refractivity contribution is 6.31. The fraction of sp³-hybridized carbons (Fsp3) is 0.350. The van der Waals surface area contributed by atoms with Crippen molar-refractivity contribution in [3.05, 3.63) is 47.6 Å². The van der Waals surface area contributed by atoms with Gasteiger partial charge in [-0.15, -0.1) is 0 Å². The summed E-state index contributed by atoms with van der Waals surface area (Å²) >= 11 is 6.24. The van der Waals surface area contributed by atoms with Gasteiger partial charge in [-0.25, -0.2) is 4.98 Å². The number of hydrogen-bond donors (Lipinski definition) is 0. The Hall–Kier alpha value is -2.40. The topological polar surface area (TPSA) is 53.5 Å². The second-order valence-corrected chi connectivity index (χ2v) is 7.22. The minimum absolute atomic E-state index is 0.132. The lowest BCUT2D eigenvalue weighted by Gasteiger charge is -2.34. The first-order valence-electron chi connectivity index (χ1n) is 9.01. The molecule has 2 aliphatic rings. The summed E-state index contributed by atoms with van der Waals surface area (Å²) in [5.41, 5.74) is 1.36. The third kappa shape index (κ3) is 3.07. The molecule has 26 heavy (non-hydrogen) atoms. The molecular formula is C20H20ClN3O2. The number of hydrogen-bond acceptors (Lipinski definition) is 3. The predicted octanol–water partition coefficient (Wildman–Crippen LogP) is 4.47. The van der Waals surface area contributed by atoms with E-state index in [1.165, 1.54) is 11.3 Å². The van der Waals surface area contributed by atoms with Gasteiger partial charge in [0.1, 0.15) is 12.2 Å². The molecular weight excluding hydrogens is 350 g/mol. The Balaban J connectivity index is 1.86. The van der Waals surface area contributed by atoms with Crippen molar-refractivity contribution >= 4 is 40.6 Å². The van der Waals surface area contributed by atoms with Gasteiger partial charge in [0.2, 0.25) is 11.8 Å². The van der Waals surface area contributed by atoms with Crippen molar-refractivity contribution in [2.24, 2.45) is 0 Å². The Kier molecular flexibility index (Phi) is 4.64. The average molecular weight is 370 g/mol. The van der Waals surface area contributed by atoms with E-state index in [1.54, 1.807) is 30.5 Å². The van der Waals surface area contributed by atoms with Crippen LogP contribution in [0.5, 0.6) is 0 Å². The van der Waals surface area contributed by atoms with E-state index in [0.29, 0.717) is 16.5 Å². The van der Waals surface area contributed by atoms with Gasteiger partial charge < -0.3 is 4.90 Å². The number of benzene rings is 1. The predicted molar refractivity (Wildman–Crippen MR) is 102 cm³/mol. The van der Waals surface area contributed by atoms with Crippen molar-refractivity contribution in [2.45, 2.75) is 44.6 Å². The number of anilines is 3. The van der Waals surface area contributed by atoms with Crippen LogP contribution < -0.4 is 9.80 Å². The second kappa shape index (κ2) is 7.08. The van der Waals surface area contributed by atoms with Crippen LogP contribution in [0.25, 0.3) is 0 Å². The van der Waals surface area contributed by atoms with Gasteiger partial charge in [-0.1, -0.05) is 36.9 Å². The molecule has 1 aliphatic carbocycles. The molecule has 0 unspecified atom stereocenters. The molecule has 2 amide bonds. The molecule has 0 bridgehead atoms. The summed E-state index contributed by atoms with van der Waals surface area (Å²) in [6.07, 6.45) is 6.81. The minimum Gasteiger partial charge on any atom is -0.307 e. The van der Waals surface area contributed by atoms with Crippen molar-refractivity contribution in [3.63, 3.8) is 0 Å². The molecule has 1 fully saturated rings. The quantitative estimate of drug-likeness (QED) is 0.734. The van der Waals surface area contributed by atoms with Crippen LogP contribution in [0.15, 0.2) is 42.6 Å². The number of halogens is 1. The van der Waals surface area contributed by atoms with E-state index in [1.807, 2.05) is 17.0 Å². The van der Waals surface area contributed by atoms with Crippen molar-refractivity contribution in [1.82, 2.24) is 4.98 Å². The summed E-state index contributed by atoms with van der Waals surface area (Å²) < 4.78 is 0. The Morgan fingerprint density at radius 1 is 0.962 bits per heavy atom. The molecule has 0 N–H and O–H groups in total. The average Bonchev–Trinajstić information content (AvgIpc) is 2.75. The van der Waals surface area contributed by atoms with Crippen LogP contribution in [-0.2, 0) is 9.59 Å². The van der Waals surface area contributed by atoms with E-state index in [4.69, 9.17) is 11.6 Å². The van der Waals surface area contributed by atoms with Crippen LogP contribution in [0, 0.1) is 0 Å². The van der Waals surface area contributed by atoms with Crippen molar-refractivity contribution in [3.8, 4) is 0 Å². The summed E-state index contributed by atoms with van der Waals surface area (Å²) in [6.45, 7) is 0. The molecule has 4 rings (SSSR count). The van der Waals surface area contributed by atoms with Crippen molar-refractivity contribution in [1.29, 1.82) is 0 Å². The lowest BCUT2D eigenvalue weighted by Crippen LogP contribution is -2.41. The number of amides is 2. The largest absolute Gasteiger partial charge is 0.307 e. The molecule has 1 aromatic heterocycles. The van der Waals surface area contributed by atoms with E-state index >= 15 is 0 Å². The van der Waals surface area contributed by atoms with Crippen LogP contribution in [0.1, 0.15) is 38.5 Å². The fourth-order valence-electron chi connectivity index (χ4n) is 3.92. The van der Waals surface area contributed by atoms with Gasteiger partial charge in [0.05, 0.1) is 11.4 Å². The number of carbonyl (C=O) groups excluding carboxylic acids is 2. The number of rotatable bonds is 2. The molecule has 0 atom stereocenters. The van der Waals surface area contributed by atoms with Gasteiger partial charge in [-0.05, 0) is 43.2 Å². The van der Waals surface area contributed by atoms with E-state index < -0.39 is 0 Å². The van der Waals surface area contributed by atoms with Crippen LogP contribution >= 0.6 is 11.6 Å². The van der Waals surface area contributed by atoms with Gasteiger partial charge in [-0.3, -0.25) is 14.5 Å². The number of aromatic nitrogens is 1. The number of carbonyl (C=O) groups is 2. The lowest BCUT2D eigenvalue weighted by molar-refractivity contribution is -0.126. The van der Waals surface area contributed by atoms with Crippen LogP contribution in [0.2, 0.25) is 5.02 Å². The Labute approximate surface area is 157 Å². The van der Waals surface area contributed by atoms with Gasteiger partial charge in [-0.2, -0.15) is 0 Å². The maximum atomic E-state index is 13.0. The third-order valence-electron chi connectivity index (χ3n) is 5.08. The zero-order valence-electron chi connectivity index (χ0n) is 14.4. The number of nitrogens with zero attached hydrogens (tertiary/aromatic N) is 3.